The highest BCUT2D eigenvalue weighted by Crippen LogP contribution is 2.34. The maximum absolute atomic E-state index is 13.6. The van der Waals surface area contributed by atoms with Crippen LogP contribution in [0.1, 0.15) is 43.9 Å². The predicted molar refractivity (Wildman–Crippen MR) is 95.8 cm³/mol. The minimum absolute atomic E-state index is 0.0735. The lowest BCUT2D eigenvalue weighted by atomic mass is 9.94. The molecule has 0 bridgehead atoms. The first-order valence-corrected chi connectivity index (χ1v) is 8.76. The highest BCUT2D eigenvalue weighted by atomic mass is 19.3. The topological polar surface area (TPSA) is 42.0 Å². The average molecular weight is 370 g/mol. The van der Waals surface area contributed by atoms with Gasteiger partial charge in [0.2, 0.25) is 0 Å². The molecule has 26 heavy (non-hydrogen) atoms. The van der Waals surface area contributed by atoms with Gasteiger partial charge in [0.15, 0.2) is 0 Å². The Balaban J connectivity index is 2.19. The molecular weight excluding hydrogens is 342 g/mol. The van der Waals surface area contributed by atoms with Crippen molar-refractivity contribution in [2.45, 2.75) is 45.8 Å². The van der Waals surface area contributed by atoms with Gasteiger partial charge in [-0.2, -0.15) is 0 Å². The van der Waals surface area contributed by atoms with E-state index in [1.807, 2.05) is 25.1 Å². The van der Waals surface area contributed by atoms with Gasteiger partial charge in [-0.25, -0.2) is 13.6 Å². The summed E-state index contributed by atoms with van der Waals surface area (Å²) in [7, 11) is 3.85. The molecule has 0 atom stereocenters. The maximum atomic E-state index is 13.6. The van der Waals surface area contributed by atoms with Crippen molar-refractivity contribution in [3.05, 3.63) is 28.8 Å². The third kappa shape index (κ3) is 5.56. The van der Waals surface area contributed by atoms with Crippen molar-refractivity contribution < 1.29 is 23.0 Å². The first kappa shape index (κ1) is 20.4. The van der Waals surface area contributed by atoms with Gasteiger partial charge in [0, 0.05) is 25.2 Å². The van der Waals surface area contributed by atoms with Gasteiger partial charge >= 0.3 is 6.09 Å². The predicted octanol–water partition coefficient (Wildman–Crippen LogP) is 3.86. The molecule has 1 amide bonds. The molecular formula is C19H28F2N2O3. The van der Waals surface area contributed by atoms with Crippen LogP contribution in [0.25, 0.3) is 0 Å². The molecule has 1 aliphatic rings. The second-order valence-corrected chi connectivity index (χ2v) is 7.75. The Morgan fingerprint density at radius 3 is 2.58 bits per heavy atom. The zero-order valence-electron chi connectivity index (χ0n) is 16.1. The lowest BCUT2D eigenvalue weighted by Crippen LogP contribution is -2.40. The molecule has 1 aromatic rings. The van der Waals surface area contributed by atoms with Gasteiger partial charge < -0.3 is 19.3 Å². The van der Waals surface area contributed by atoms with Crippen molar-refractivity contribution >= 4 is 6.09 Å². The molecule has 0 saturated carbocycles. The molecule has 146 valence electrons. The zero-order chi connectivity index (χ0) is 19.5. The Hall–Kier alpha value is -1.89. The quantitative estimate of drug-likeness (QED) is 0.789. The van der Waals surface area contributed by atoms with E-state index in [1.165, 1.54) is 11.0 Å². The number of nitrogens with zero attached hydrogens (tertiary/aromatic N) is 2. The van der Waals surface area contributed by atoms with E-state index in [1.54, 1.807) is 20.8 Å². The minimum atomic E-state index is -2.63. The molecule has 5 nitrogen and oxygen atoms in total. The summed E-state index contributed by atoms with van der Waals surface area (Å²) >= 11 is 0. The molecule has 0 spiro atoms. The summed E-state index contributed by atoms with van der Waals surface area (Å²) in [6.07, 6.45) is -2.60. The molecule has 1 heterocycles. The second kappa shape index (κ2) is 8.20. The van der Waals surface area contributed by atoms with Crippen molar-refractivity contribution in [2.24, 2.45) is 0 Å². The molecule has 1 aromatic carbocycles. The molecule has 0 unspecified atom stereocenters. The fraction of sp³-hybridized carbons (Fsp3) is 0.632. The van der Waals surface area contributed by atoms with Crippen LogP contribution in [0.4, 0.5) is 13.6 Å². The van der Waals surface area contributed by atoms with Gasteiger partial charge in [0.05, 0.1) is 0 Å². The number of amides is 1. The van der Waals surface area contributed by atoms with Crippen molar-refractivity contribution in [3.63, 3.8) is 0 Å². The van der Waals surface area contributed by atoms with Gasteiger partial charge in [-0.05, 0) is 64.5 Å². The molecule has 0 radical (unpaired) electrons. The Labute approximate surface area is 153 Å². The van der Waals surface area contributed by atoms with Gasteiger partial charge in [0.25, 0.3) is 6.43 Å². The summed E-state index contributed by atoms with van der Waals surface area (Å²) < 4.78 is 38.2. The van der Waals surface area contributed by atoms with Crippen molar-refractivity contribution in [1.29, 1.82) is 0 Å². The van der Waals surface area contributed by atoms with Crippen molar-refractivity contribution in [3.8, 4) is 5.75 Å². The van der Waals surface area contributed by atoms with E-state index in [-0.39, 0.29) is 12.1 Å². The number of likely N-dealkylation sites (N-methyl/N-ethyl adjacent to an activating group) is 1. The fourth-order valence-electron chi connectivity index (χ4n) is 2.77. The summed E-state index contributed by atoms with van der Waals surface area (Å²) in [5.74, 6) is 0.451. The summed E-state index contributed by atoms with van der Waals surface area (Å²) in [5, 5.41) is 0. The normalized spacial score (nSPS) is 14.6. The summed E-state index contributed by atoms with van der Waals surface area (Å²) in [5.41, 5.74) is 0.614. The van der Waals surface area contributed by atoms with Crippen LogP contribution >= 0.6 is 0 Å². The van der Waals surface area contributed by atoms with Crippen molar-refractivity contribution in [2.75, 3.05) is 33.8 Å². The standard InChI is InChI=1S/C19H28F2N2O3/c1-19(2,3)26-18(24)23-7-6-13-10-14(25-9-8-22(4)5)11-15(17(20)21)16(13)12-23/h10-11,17H,6-9,12H2,1-5H3. The minimum Gasteiger partial charge on any atom is -0.492 e. The van der Waals surface area contributed by atoms with E-state index >= 15 is 0 Å². The third-order valence-corrected chi connectivity index (χ3v) is 4.04. The molecule has 7 heteroatoms. The smallest absolute Gasteiger partial charge is 0.410 e. The van der Waals surface area contributed by atoms with Gasteiger partial charge in [-0.3, -0.25) is 0 Å². The number of carbonyl (C=O) groups excluding carboxylic acids is 1. The highest BCUT2D eigenvalue weighted by molar-refractivity contribution is 5.69. The lowest BCUT2D eigenvalue weighted by molar-refractivity contribution is 0.0220. The first-order valence-electron chi connectivity index (χ1n) is 8.76. The number of alkyl halides is 2. The van der Waals surface area contributed by atoms with Crippen molar-refractivity contribution in [1.82, 2.24) is 9.80 Å². The summed E-state index contributed by atoms with van der Waals surface area (Å²) in [4.78, 5) is 15.7. The molecule has 2 rings (SSSR count). The number of fused-ring (bicyclic) bond motifs is 1. The number of ether oxygens (including phenoxy) is 2. The largest absolute Gasteiger partial charge is 0.492 e. The fourth-order valence-corrected chi connectivity index (χ4v) is 2.77. The summed E-state index contributed by atoms with van der Waals surface area (Å²) in [6.45, 7) is 7.04. The van der Waals surface area contributed by atoms with Crippen LogP contribution in [0.3, 0.4) is 0 Å². The van der Waals surface area contributed by atoms with E-state index < -0.39 is 18.1 Å². The Bertz CT molecular complexity index is 642. The Kier molecular flexibility index (Phi) is 6.44. The van der Waals surface area contributed by atoms with Crippen LogP contribution < -0.4 is 4.74 Å². The van der Waals surface area contributed by atoms with E-state index in [9.17, 15) is 13.6 Å². The number of hydrogen-bond donors (Lipinski definition) is 0. The monoisotopic (exact) mass is 370 g/mol. The molecule has 0 aromatic heterocycles. The third-order valence-electron chi connectivity index (χ3n) is 4.04. The molecule has 0 saturated heterocycles. The van der Waals surface area contributed by atoms with E-state index in [2.05, 4.69) is 0 Å². The number of halogens is 2. The van der Waals surface area contributed by atoms with Crippen LogP contribution in [-0.2, 0) is 17.7 Å². The highest BCUT2D eigenvalue weighted by Gasteiger charge is 2.29. The second-order valence-electron chi connectivity index (χ2n) is 7.75. The van der Waals surface area contributed by atoms with E-state index in [0.29, 0.717) is 37.4 Å². The van der Waals surface area contributed by atoms with Gasteiger partial charge in [0.1, 0.15) is 18.0 Å². The Morgan fingerprint density at radius 1 is 1.31 bits per heavy atom. The lowest BCUT2D eigenvalue weighted by Gasteiger charge is -2.32. The Morgan fingerprint density at radius 2 is 2.00 bits per heavy atom. The van der Waals surface area contributed by atoms with Crippen LogP contribution in [-0.4, -0.2) is 55.3 Å². The SMILES string of the molecule is CN(C)CCOc1cc2c(c(C(F)F)c1)CN(C(=O)OC(C)(C)C)CC2. The number of rotatable bonds is 5. The average Bonchev–Trinajstić information content (AvgIpc) is 2.51. The molecule has 0 fully saturated rings. The van der Waals surface area contributed by atoms with E-state index in [0.717, 1.165) is 5.56 Å². The van der Waals surface area contributed by atoms with Gasteiger partial charge in [-0.1, -0.05) is 0 Å². The number of hydrogen-bond acceptors (Lipinski definition) is 4. The van der Waals surface area contributed by atoms with Crippen LogP contribution in [0.2, 0.25) is 0 Å². The molecule has 0 aliphatic carbocycles. The van der Waals surface area contributed by atoms with Crippen LogP contribution in [0.15, 0.2) is 12.1 Å². The molecule has 0 N–H and O–H groups in total. The van der Waals surface area contributed by atoms with Gasteiger partial charge in [-0.15, -0.1) is 0 Å². The zero-order valence-corrected chi connectivity index (χ0v) is 16.1. The van der Waals surface area contributed by atoms with E-state index in [4.69, 9.17) is 9.47 Å². The maximum Gasteiger partial charge on any atom is 0.410 e. The first-order chi connectivity index (χ1) is 12.1. The number of carbonyl (C=O) groups is 1. The summed E-state index contributed by atoms with van der Waals surface area (Å²) in [6, 6.07) is 3.20. The van der Waals surface area contributed by atoms with Crippen LogP contribution in [0.5, 0.6) is 5.75 Å². The molecule has 1 aliphatic heterocycles. The van der Waals surface area contributed by atoms with Crippen LogP contribution in [0, 0.1) is 0 Å². The number of benzene rings is 1.